The number of aryl methyl sites for hydroxylation is 2. The highest BCUT2D eigenvalue weighted by Crippen LogP contribution is 2.38. The quantitative estimate of drug-likeness (QED) is 0.601. The van der Waals surface area contributed by atoms with Crippen molar-refractivity contribution in [2.75, 3.05) is 6.54 Å². The van der Waals surface area contributed by atoms with Gasteiger partial charge in [-0.15, -0.1) is 0 Å². The van der Waals surface area contributed by atoms with Crippen LogP contribution in [0, 0.1) is 6.92 Å². The molecule has 2 aromatic heterocycles. The third-order valence-corrected chi connectivity index (χ3v) is 6.03. The van der Waals surface area contributed by atoms with E-state index in [2.05, 4.69) is 4.72 Å². The van der Waals surface area contributed by atoms with Crippen molar-refractivity contribution in [3.63, 3.8) is 0 Å². The van der Waals surface area contributed by atoms with E-state index in [4.69, 9.17) is 14.0 Å². The fraction of sp³-hybridized carbons (Fsp3) is 0.429. The number of nitrogens with zero attached hydrogens (tertiary/aromatic N) is 2. The SMILES string of the molecule is Cc1cc(-c2cc(CCNS(=O)O)cc3nc(C4CCCC4)oc23)cn(C)c1=O. The molecule has 0 amide bonds. The molecule has 0 aliphatic heterocycles. The predicted octanol–water partition coefficient (Wildman–Crippen LogP) is 3.43. The molecule has 3 aromatic rings. The highest BCUT2D eigenvalue weighted by Gasteiger charge is 2.24. The largest absolute Gasteiger partial charge is 0.440 e. The van der Waals surface area contributed by atoms with Crippen LogP contribution in [0.4, 0.5) is 0 Å². The van der Waals surface area contributed by atoms with Crippen LogP contribution in [-0.2, 0) is 24.7 Å². The minimum absolute atomic E-state index is 0.0278. The number of pyridine rings is 1. The zero-order valence-corrected chi connectivity index (χ0v) is 17.4. The number of hydrogen-bond acceptors (Lipinski definition) is 4. The molecule has 1 aliphatic carbocycles. The van der Waals surface area contributed by atoms with Crippen molar-refractivity contribution in [3.05, 3.63) is 51.8 Å². The molecule has 1 unspecified atom stereocenters. The number of benzene rings is 1. The lowest BCUT2D eigenvalue weighted by Gasteiger charge is -2.09. The minimum Gasteiger partial charge on any atom is -0.440 e. The predicted molar refractivity (Wildman–Crippen MR) is 113 cm³/mol. The normalized spacial score (nSPS) is 16.0. The Bertz CT molecular complexity index is 1100. The standard InChI is InChI=1S/C21H25N3O4S/c1-13-9-16(12-24(2)21(13)25)17-10-14(7-8-22-29(26)27)11-18-19(17)28-20(23-18)15-5-3-4-6-15/h9-12,15,22H,3-8H2,1-2H3,(H,26,27). The van der Waals surface area contributed by atoms with Crippen LogP contribution in [0.15, 0.2) is 33.6 Å². The molecular weight excluding hydrogens is 390 g/mol. The van der Waals surface area contributed by atoms with Crippen LogP contribution < -0.4 is 10.3 Å². The summed E-state index contributed by atoms with van der Waals surface area (Å²) < 4.78 is 30.2. The fourth-order valence-corrected chi connectivity index (χ4v) is 4.40. The molecule has 1 atom stereocenters. The van der Waals surface area contributed by atoms with Gasteiger partial charge >= 0.3 is 0 Å². The van der Waals surface area contributed by atoms with Crippen molar-refractivity contribution >= 4 is 22.4 Å². The zero-order chi connectivity index (χ0) is 20.5. The summed E-state index contributed by atoms with van der Waals surface area (Å²) in [6.07, 6.45) is 6.98. The van der Waals surface area contributed by atoms with E-state index in [9.17, 15) is 9.00 Å². The van der Waals surface area contributed by atoms with Crippen LogP contribution in [0.25, 0.3) is 22.2 Å². The van der Waals surface area contributed by atoms with Gasteiger partial charge in [0.1, 0.15) is 5.52 Å². The summed E-state index contributed by atoms with van der Waals surface area (Å²) in [5, 5.41) is 0. The van der Waals surface area contributed by atoms with Crippen LogP contribution in [0.1, 0.15) is 48.6 Å². The van der Waals surface area contributed by atoms with Crippen molar-refractivity contribution in [2.24, 2.45) is 7.05 Å². The number of rotatable bonds is 6. The molecule has 0 radical (unpaired) electrons. The monoisotopic (exact) mass is 415 g/mol. The van der Waals surface area contributed by atoms with E-state index in [0.29, 0.717) is 24.4 Å². The average Bonchev–Trinajstić information content (AvgIpc) is 3.34. The second-order valence-electron chi connectivity index (χ2n) is 7.75. The topological polar surface area (TPSA) is 97.4 Å². The number of oxazole rings is 1. The Morgan fingerprint density at radius 3 is 2.76 bits per heavy atom. The van der Waals surface area contributed by atoms with Crippen molar-refractivity contribution < 1.29 is 13.2 Å². The van der Waals surface area contributed by atoms with Crippen molar-refractivity contribution in [3.8, 4) is 11.1 Å². The summed E-state index contributed by atoms with van der Waals surface area (Å²) in [6.45, 7) is 2.17. The Labute approximate surface area is 171 Å². The van der Waals surface area contributed by atoms with Gasteiger partial charge in [-0.05, 0) is 49.9 Å². The second-order valence-corrected chi connectivity index (χ2v) is 8.53. The Morgan fingerprint density at radius 1 is 1.31 bits per heavy atom. The maximum absolute atomic E-state index is 12.1. The number of aromatic nitrogens is 2. The molecule has 8 heteroatoms. The van der Waals surface area contributed by atoms with E-state index in [0.717, 1.165) is 46.5 Å². The lowest BCUT2D eigenvalue weighted by Crippen LogP contribution is -2.19. The van der Waals surface area contributed by atoms with Crippen LogP contribution in [-0.4, -0.2) is 24.9 Å². The summed E-state index contributed by atoms with van der Waals surface area (Å²) >= 11 is -2.04. The number of hydrogen-bond donors (Lipinski definition) is 2. The van der Waals surface area contributed by atoms with Gasteiger partial charge in [0.2, 0.25) is 11.3 Å². The molecule has 1 aliphatic rings. The summed E-state index contributed by atoms with van der Waals surface area (Å²) in [5.74, 6) is 1.14. The maximum Gasteiger partial charge on any atom is 0.253 e. The summed E-state index contributed by atoms with van der Waals surface area (Å²) in [4.78, 5) is 16.9. The van der Waals surface area contributed by atoms with Crippen molar-refractivity contribution in [2.45, 2.75) is 44.9 Å². The lowest BCUT2D eigenvalue weighted by molar-refractivity contribution is 0.474. The molecule has 4 rings (SSSR count). The van der Waals surface area contributed by atoms with Gasteiger partial charge in [0.25, 0.3) is 5.56 Å². The molecule has 1 aromatic carbocycles. The fourth-order valence-electron chi connectivity index (χ4n) is 4.12. The third kappa shape index (κ3) is 4.19. The first-order chi connectivity index (χ1) is 13.9. The van der Waals surface area contributed by atoms with E-state index in [-0.39, 0.29) is 5.56 Å². The smallest absolute Gasteiger partial charge is 0.253 e. The Hall–Kier alpha value is -2.29. The summed E-state index contributed by atoms with van der Waals surface area (Å²) in [5.41, 5.74) is 4.92. The highest BCUT2D eigenvalue weighted by molar-refractivity contribution is 7.77. The average molecular weight is 416 g/mol. The zero-order valence-electron chi connectivity index (χ0n) is 16.6. The van der Waals surface area contributed by atoms with E-state index in [1.54, 1.807) is 18.5 Å². The lowest BCUT2D eigenvalue weighted by atomic mass is 10.0. The first-order valence-electron chi connectivity index (χ1n) is 9.87. The Morgan fingerprint density at radius 2 is 2.07 bits per heavy atom. The molecule has 2 heterocycles. The molecule has 0 spiro atoms. The first-order valence-corrected chi connectivity index (χ1v) is 11.0. The molecule has 154 valence electrons. The molecule has 29 heavy (non-hydrogen) atoms. The van der Waals surface area contributed by atoms with E-state index in [1.807, 2.05) is 24.4 Å². The molecule has 1 saturated carbocycles. The van der Waals surface area contributed by atoms with Gasteiger partial charge in [0, 0.05) is 42.4 Å². The van der Waals surface area contributed by atoms with Crippen molar-refractivity contribution in [1.82, 2.24) is 14.3 Å². The van der Waals surface area contributed by atoms with Crippen LogP contribution in [0.2, 0.25) is 0 Å². The highest BCUT2D eigenvalue weighted by atomic mass is 32.2. The maximum atomic E-state index is 12.1. The van der Waals surface area contributed by atoms with Gasteiger partial charge in [-0.2, -0.15) is 0 Å². The second kappa shape index (κ2) is 8.22. The van der Waals surface area contributed by atoms with Gasteiger partial charge in [-0.25, -0.2) is 13.9 Å². The van der Waals surface area contributed by atoms with Gasteiger partial charge in [-0.3, -0.25) is 9.35 Å². The van der Waals surface area contributed by atoms with E-state index >= 15 is 0 Å². The summed E-state index contributed by atoms with van der Waals surface area (Å²) in [7, 11) is 1.74. The van der Waals surface area contributed by atoms with E-state index in [1.165, 1.54) is 12.8 Å². The van der Waals surface area contributed by atoms with E-state index < -0.39 is 11.3 Å². The van der Waals surface area contributed by atoms with Gasteiger partial charge < -0.3 is 8.98 Å². The molecule has 0 saturated heterocycles. The number of fused-ring (bicyclic) bond motifs is 1. The Balaban J connectivity index is 1.82. The van der Waals surface area contributed by atoms with Crippen LogP contribution in [0.3, 0.4) is 0 Å². The molecule has 0 bridgehead atoms. The third-order valence-electron chi connectivity index (χ3n) is 5.58. The van der Waals surface area contributed by atoms with Crippen molar-refractivity contribution in [1.29, 1.82) is 0 Å². The number of nitrogens with one attached hydrogen (secondary N) is 1. The van der Waals surface area contributed by atoms with Gasteiger partial charge in [0.05, 0.1) is 0 Å². The Kier molecular flexibility index (Phi) is 5.67. The summed E-state index contributed by atoms with van der Waals surface area (Å²) in [6, 6.07) is 5.88. The molecule has 2 N–H and O–H groups in total. The van der Waals surface area contributed by atoms with Crippen LogP contribution in [0.5, 0.6) is 0 Å². The molecule has 7 nitrogen and oxygen atoms in total. The first kappa shape index (κ1) is 20.0. The molecular formula is C21H25N3O4S. The molecule has 1 fully saturated rings. The van der Waals surface area contributed by atoms with Crippen LogP contribution >= 0.6 is 0 Å². The minimum atomic E-state index is -2.04. The van der Waals surface area contributed by atoms with Gasteiger partial charge in [-0.1, -0.05) is 12.8 Å². The van der Waals surface area contributed by atoms with Gasteiger partial charge in [0.15, 0.2) is 11.5 Å².